The predicted octanol–water partition coefficient (Wildman–Crippen LogP) is 4.38. The fourth-order valence-electron chi connectivity index (χ4n) is 3.40. The van der Waals surface area contributed by atoms with Gasteiger partial charge in [-0.2, -0.15) is 0 Å². The van der Waals surface area contributed by atoms with Gasteiger partial charge in [0.15, 0.2) is 5.16 Å². The quantitative estimate of drug-likeness (QED) is 0.644. The molecule has 0 saturated carbocycles. The first kappa shape index (κ1) is 17.2. The third-order valence-electron chi connectivity index (χ3n) is 5.01. The number of benzene rings is 2. The zero-order valence-electron chi connectivity index (χ0n) is 15.0. The summed E-state index contributed by atoms with van der Waals surface area (Å²) < 4.78 is 2.14. The number of piperidine rings is 1. The van der Waals surface area contributed by atoms with Crippen LogP contribution in [-0.4, -0.2) is 39.2 Å². The first-order valence-electron chi connectivity index (χ1n) is 9.16. The van der Waals surface area contributed by atoms with Gasteiger partial charge < -0.3 is 4.90 Å². The molecule has 0 bridgehead atoms. The van der Waals surface area contributed by atoms with Gasteiger partial charge in [0.2, 0.25) is 5.91 Å². The van der Waals surface area contributed by atoms with Crippen molar-refractivity contribution in [2.75, 3.05) is 18.8 Å². The van der Waals surface area contributed by atoms with Crippen LogP contribution in [0.25, 0.3) is 16.7 Å². The smallest absolute Gasteiger partial charge is 0.233 e. The Morgan fingerprint density at radius 3 is 2.54 bits per heavy atom. The standard InChI is InChI=1S/C21H23N3OS/c1-16-11-13-23(14-12-16)20(25)15-26-21-22-18-9-5-6-10-19(18)24(21)17-7-3-2-4-8-17/h2-10,16H,11-15H2,1H3. The third-order valence-corrected chi connectivity index (χ3v) is 5.93. The van der Waals surface area contributed by atoms with E-state index in [0.29, 0.717) is 5.75 Å². The van der Waals surface area contributed by atoms with Crippen LogP contribution < -0.4 is 0 Å². The van der Waals surface area contributed by atoms with Gasteiger partial charge in [0.25, 0.3) is 0 Å². The van der Waals surface area contributed by atoms with Gasteiger partial charge in [-0.1, -0.05) is 49.0 Å². The molecule has 0 unspecified atom stereocenters. The highest BCUT2D eigenvalue weighted by Gasteiger charge is 2.21. The van der Waals surface area contributed by atoms with Crippen LogP contribution in [0.4, 0.5) is 0 Å². The van der Waals surface area contributed by atoms with Crippen molar-refractivity contribution in [3.8, 4) is 5.69 Å². The number of thioether (sulfide) groups is 1. The lowest BCUT2D eigenvalue weighted by atomic mass is 9.99. The number of rotatable bonds is 4. The summed E-state index contributed by atoms with van der Waals surface area (Å²) in [6.45, 7) is 4.03. The van der Waals surface area contributed by atoms with Crippen molar-refractivity contribution in [1.82, 2.24) is 14.5 Å². The minimum Gasteiger partial charge on any atom is -0.342 e. The Bertz CT molecular complexity index is 898. The summed E-state index contributed by atoms with van der Waals surface area (Å²) in [7, 11) is 0. The molecule has 26 heavy (non-hydrogen) atoms. The Morgan fingerprint density at radius 2 is 1.77 bits per heavy atom. The van der Waals surface area contributed by atoms with Crippen molar-refractivity contribution in [1.29, 1.82) is 0 Å². The van der Waals surface area contributed by atoms with Gasteiger partial charge in [-0.05, 0) is 43.0 Å². The molecule has 5 heteroatoms. The van der Waals surface area contributed by atoms with Crippen molar-refractivity contribution in [2.24, 2.45) is 5.92 Å². The van der Waals surface area contributed by atoms with Crippen LogP contribution in [0.5, 0.6) is 0 Å². The number of hydrogen-bond acceptors (Lipinski definition) is 3. The number of fused-ring (bicyclic) bond motifs is 1. The van der Waals surface area contributed by atoms with Gasteiger partial charge in [0, 0.05) is 18.8 Å². The van der Waals surface area contributed by atoms with Crippen molar-refractivity contribution in [3.05, 3.63) is 54.6 Å². The van der Waals surface area contributed by atoms with E-state index >= 15 is 0 Å². The van der Waals surface area contributed by atoms with E-state index in [1.54, 1.807) is 0 Å². The molecule has 1 aliphatic rings. The van der Waals surface area contributed by atoms with Gasteiger partial charge in [-0.25, -0.2) is 4.98 Å². The fourth-order valence-corrected chi connectivity index (χ4v) is 4.33. The fraction of sp³-hybridized carbons (Fsp3) is 0.333. The van der Waals surface area contributed by atoms with E-state index in [1.807, 2.05) is 41.3 Å². The minimum absolute atomic E-state index is 0.216. The van der Waals surface area contributed by atoms with Crippen LogP contribution in [0.3, 0.4) is 0 Å². The molecule has 0 N–H and O–H groups in total. The zero-order chi connectivity index (χ0) is 17.9. The van der Waals surface area contributed by atoms with E-state index in [0.717, 1.165) is 53.7 Å². The van der Waals surface area contributed by atoms with Crippen molar-refractivity contribution in [2.45, 2.75) is 24.9 Å². The second kappa shape index (κ2) is 7.54. The average Bonchev–Trinajstić information content (AvgIpc) is 3.05. The Kier molecular flexibility index (Phi) is 4.98. The second-order valence-corrected chi connectivity index (χ2v) is 7.85. The van der Waals surface area contributed by atoms with Gasteiger partial charge in [0.1, 0.15) is 0 Å². The molecule has 2 aromatic carbocycles. The Hall–Kier alpha value is -2.27. The molecular formula is C21H23N3OS. The molecule has 1 fully saturated rings. The van der Waals surface area contributed by atoms with E-state index in [-0.39, 0.29) is 5.91 Å². The number of carbonyl (C=O) groups excluding carboxylic acids is 1. The van der Waals surface area contributed by atoms with E-state index in [9.17, 15) is 4.79 Å². The Labute approximate surface area is 158 Å². The molecule has 0 radical (unpaired) electrons. The molecule has 4 rings (SSSR count). The zero-order valence-corrected chi connectivity index (χ0v) is 15.8. The summed E-state index contributed by atoms with van der Waals surface area (Å²) in [4.78, 5) is 19.4. The molecule has 1 saturated heterocycles. The van der Waals surface area contributed by atoms with Crippen molar-refractivity contribution < 1.29 is 4.79 Å². The molecule has 0 atom stereocenters. The third kappa shape index (κ3) is 3.49. The normalized spacial score (nSPS) is 15.5. The highest BCUT2D eigenvalue weighted by molar-refractivity contribution is 7.99. The number of likely N-dealkylation sites (tertiary alicyclic amines) is 1. The van der Waals surface area contributed by atoms with Crippen LogP contribution in [0.1, 0.15) is 19.8 Å². The number of amides is 1. The van der Waals surface area contributed by atoms with Gasteiger partial charge in [-0.3, -0.25) is 9.36 Å². The van der Waals surface area contributed by atoms with Crippen LogP contribution >= 0.6 is 11.8 Å². The number of imidazole rings is 1. The molecule has 1 aromatic heterocycles. The van der Waals surface area contributed by atoms with E-state index < -0.39 is 0 Å². The van der Waals surface area contributed by atoms with Gasteiger partial charge in [-0.15, -0.1) is 0 Å². The van der Waals surface area contributed by atoms with Crippen molar-refractivity contribution >= 4 is 28.7 Å². The van der Waals surface area contributed by atoms with Crippen molar-refractivity contribution in [3.63, 3.8) is 0 Å². The second-order valence-electron chi connectivity index (χ2n) is 6.91. The molecule has 2 heterocycles. The summed E-state index contributed by atoms with van der Waals surface area (Å²) in [5, 5.41) is 0.871. The Balaban J connectivity index is 1.57. The number of hydrogen-bond donors (Lipinski definition) is 0. The average molecular weight is 366 g/mol. The number of carbonyl (C=O) groups is 1. The van der Waals surface area contributed by atoms with Gasteiger partial charge in [0.05, 0.1) is 16.8 Å². The lowest BCUT2D eigenvalue weighted by Gasteiger charge is -2.30. The minimum atomic E-state index is 0.216. The summed E-state index contributed by atoms with van der Waals surface area (Å²) in [5.74, 6) is 1.38. The summed E-state index contributed by atoms with van der Waals surface area (Å²) in [5.41, 5.74) is 3.10. The Morgan fingerprint density at radius 1 is 1.08 bits per heavy atom. The van der Waals surface area contributed by atoms with Crippen LogP contribution in [0.2, 0.25) is 0 Å². The van der Waals surface area contributed by atoms with Crippen LogP contribution in [0.15, 0.2) is 59.8 Å². The molecule has 4 nitrogen and oxygen atoms in total. The topological polar surface area (TPSA) is 38.1 Å². The maximum absolute atomic E-state index is 12.6. The SMILES string of the molecule is CC1CCN(C(=O)CSc2nc3ccccc3n2-c2ccccc2)CC1. The maximum Gasteiger partial charge on any atom is 0.233 e. The number of para-hydroxylation sites is 3. The highest BCUT2D eigenvalue weighted by Crippen LogP contribution is 2.28. The van der Waals surface area contributed by atoms with E-state index in [4.69, 9.17) is 4.98 Å². The summed E-state index contributed by atoms with van der Waals surface area (Å²) in [6.07, 6.45) is 2.22. The molecule has 134 valence electrons. The first-order valence-corrected chi connectivity index (χ1v) is 10.1. The summed E-state index contributed by atoms with van der Waals surface area (Å²) in [6, 6.07) is 18.3. The molecule has 1 aliphatic heterocycles. The highest BCUT2D eigenvalue weighted by atomic mass is 32.2. The molecule has 0 spiro atoms. The predicted molar refractivity (Wildman–Crippen MR) is 107 cm³/mol. The number of nitrogens with zero attached hydrogens (tertiary/aromatic N) is 3. The lowest BCUT2D eigenvalue weighted by molar-refractivity contribution is -0.129. The van der Waals surface area contributed by atoms with Gasteiger partial charge >= 0.3 is 0 Å². The monoisotopic (exact) mass is 365 g/mol. The maximum atomic E-state index is 12.6. The largest absolute Gasteiger partial charge is 0.342 e. The lowest BCUT2D eigenvalue weighted by Crippen LogP contribution is -2.38. The van der Waals surface area contributed by atoms with Crippen LogP contribution in [0, 0.1) is 5.92 Å². The van der Waals surface area contributed by atoms with E-state index in [2.05, 4.69) is 29.7 Å². The molecular weight excluding hydrogens is 342 g/mol. The molecule has 0 aliphatic carbocycles. The molecule has 1 amide bonds. The number of aromatic nitrogens is 2. The summed E-state index contributed by atoms with van der Waals surface area (Å²) >= 11 is 1.53. The van der Waals surface area contributed by atoms with E-state index in [1.165, 1.54) is 11.8 Å². The first-order chi connectivity index (χ1) is 12.7. The molecule has 3 aromatic rings. The van der Waals surface area contributed by atoms with Crippen LogP contribution in [-0.2, 0) is 4.79 Å².